The fourth-order valence-corrected chi connectivity index (χ4v) is 2.42. The summed E-state index contributed by atoms with van der Waals surface area (Å²) in [5.74, 6) is 0. The summed E-state index contributed by atoms with van der Waals surface area (Å²) in [4.78, 5) is 11.7. The summed E-state index contributed by atoms with van der Waals surface area (Å²) in [6.45, 7) is 0.449. The van der Waals surface area contributed by atoms with Gasteiger partial charge in [-0.15, -0.1) is 11.3 Å². The van der Waals surface area contributed by atoms with E-state index in [9.17, 15) is 4.79 Å². The summed E-state index contributed by atoms with van der Waals surface area (Å²) in [5.41, 5.74) is 1.99. The molecule has 0 unspecified atom stereocenters. The van der Waals surface area contributed by atoms with Crippen LogP contribution in [-0.2, 0) is 6.54 Å². The van der Waals surface area contributed by atoms with Crippen LogP contribution in [-0.4, -0.2) is 15.6 Å². The van der Waals surface area contributed by atoms with Gasteiger partial charge in [0.1, 0.15) is 0 Å². The lowest BCUT2D eigenvalue weighted by atomic mass is 10.2. The minimum absolute atomic E-state index is 0.210. The number of rotatable bonds is 3. The van der Waals surface area contributed by atoms with Crippen molar-refractivity contribution in [3.63, 3.8) is 0 Å². The molecule has 3 aromatic heterocycles. The summed E-state index contributed by atoms with van der Waals surface area (Å²) < 4.78 is 1.79. The maximum absolute atomic E-state index is 11.7. The molecule has 0 bridgehead atoms. The maximum atomic E-state index is 11.7. The van der Waals surface area contributed by atoms with Crippen LogP contribution in [0.4, 0.5) is 9.80 Å². The predicted molar refractivity (Wildman–Crippen MR) is 75.4 cm³/mol. The molecule has 0 aliphatic heterocycles. The van der Waals surface area contributed by atoms with Crippen molar-refractivity contribution in [3.8, 4) is 0 Å². The molecule has 3 aromatic rings. The summed E-state index contributed by atoms with van der Waals surface area (Å²) >= 11 is 1.49. The molecule has 2 N–H and O–H groups in total. The molecular weight excluding hydrogens is 260 g/mol. The second kappa shape index (κ2) is 5.11. The number of amides is 2. The maximum Gasteiger partial charge on any atom is 0.320 e. The number of nitrogens with zero attached hydrogens (tertiary/aromatic N) is 2. The van der Waals surface area contributed by atoms with Crippen molar-refractivity contribution >= 4 is 27.9 Å². The number of fused-ring (bicyclic) bond motifs is 1. The number of nitrogens with one attached hydrogen (secondary N) is 2. The highest BCUT2D eigenvalue weighted by molar-refractivity contribution is 7.14. The molecule has 0 atom stereocenters. The van der Waals surface area contributed by atoms with Crippen molar-refractivity contribution in [1.29, 1.82) is 0 Å². The zero-order valence-corrected chi connectivity index (χ0v) is 10.9. The van der Waals surface area contributed by atoms with Crippen molar-refractivity contribution < 1.29 is 4.79 Å². The molecule has 2 amide bonds. The zero-order chi connectivity index (χ0) is 13.1. The van der Waals surface area contributed by atoms with Crippen LogP contribution in [0.1, 0.15) is 5.56 Å². The largest absolute Gasteiger partial charge is 0.334 e. The Hall–Kier alpha value is -2.34. The summed E-state index contributed by atoms with van der Waals surface area (Å²) in [6, 6.07) is 9.39. The van der Waals surface area contributed by atoms with Crippen LogP contribution in [0.5, 0.6) is 0 Å². The average molecular weight is 272 g/mol. The molecule has 0 spiro atoms. The number of thiophene rings is 1. The SMILES string of the molecule is O=C(NCc1cnn2ccccc12)Nc1cccs1. The lowest BCUT2D eigenvalue weighted by Gasteiger charge is -2.04. The van der Waals surface area contributed by atoms with E-state index < -0.39 is 0 Å². The smallest absolute Gasteiger partial charge is 0.320 e. The van der Waals surface area contributed by atoms with Crippen LogP contribution >= 0.6 is 11.3 Å². The van der Waals surface area contributed by atoms with Gasteiger partial charge in [0.15, 0.2) is 0 Å². The van der Waals surface area contributed by atoms with E-state index >= 15 is 0 Å². The first-order valence-electron chi connectivity index (χ1n) is 5.82. The highest BCUT2D eigenvalue weighted by atomic mass is 32.1. The van der Waals surface area contributed by atoms with Crippen LogP contribution in [0, 0.1) is 0 Å². The quantitative estimate of drug-likeness (QED) is 0.770. The van der Waals surface area contributed by atoms with E-state index in [4.69, 9.17) is 0 Å². The minimum atomic E-state index is -0.210. The van der Waals surface area contributed by atoms with E-state index in [0.717, 1.165) is 16.1 Å². The van der Waals surface area contributed by atoms with Gasteiger partial charge < -0.3 is 5.32 Å². The minimum Gasteiger partial charge on any atom is -0.334 e. The number of aromatic nitrogens is 2. The van der Waals surface area contributed by atoms with Gasteiger partial charge in [0.25, 0.3) is 0 Å². The van der Waals surface area contributed by atoms with E-state index in [0.29, 0.717) is 6.54 Å². The Morgan fingerprint density at radius 3 is 3.11 bits per heavy atom. The number of carbonyl (C=O) groups excluding carboxylic acids is 1. The molecule has 5 nitrogen and oxygen atoms in total. The molecule has 0 saturated heterocycles. The Labute approximate surface area is 113 Å². The first kappa shape index (κ1) is 11.7. The van der Waals surface area contributed by atoms with Gasteiger partial charge in [-0.05, 0) is 29.6 Å². The Morgan fingerprint density at radius 1 is 1.32 bits per heavy atom. The van der Waals surface area contributed by atoms with Crippen molar-refractivity contribution in [2.45, 2.75) is 6.54 Å². The van der Waals surface area contributed by atoms with Gasteiger partial charge in [-0.25, -0.2) is 9.31 Å². The summed E-state index contributed by atoms with van der Waals surface area (Å²) in [5, 5.41) is 12.6. The molecule has 0 aliphatic rings. The highest BCUT2D eigenvalue weighted by Gasteiger charge is 2.06. The first-order chi connectivity index (χ1) is 9.33. The van der Waals surface area contributed by atoms with Gasteiger partial charge in [0.05, 0.1) is 16.7 Å². The second-order valence-corrected chi connectivity index (χ2v) is 4.93. The molecule has 0 saturated carbocycles. The second-order valence-electron chi connectivity index (χ2n) is 3.99. The lowest BCUT2D eigenvalue weighted by molar-refractivity contribution is 0.252. The molecule has 96 valence electrons. The van der Waals surface area contributed by atoms with E-state index in [1.54, 1.807) is 10.7 Å². The summed E-state index contributed by atoms with van der Waals surface area (Å²) in [6.07, 6.45) is 3.64. The fraction of sp³-hybridized carbons (Fsp3) is 0.0769. The number of pyridine rings is 1. The fourth-order valence-electron chi connectivity index (χ4n) is 1.80. The molecule has 6 heteroatoms. The molecule has 0 aliphatic carbocycles. The Morgan fingerprint density at radius 2 is 2.26 bits per heavy atom. The van der Waals surface area contributed by atoms with Gasteiger partial charge in [-0.3, -0.25) is 5.32 Å². The molecule has 0 radical (unpaired) electrons. The summed E-state index contributed by atoms with van der Waals surface area (Å²) in [7, 11) is 0. The number of urea groups is 1. The molecule has 19 heavy (non-hydrogen) atoms. The molecule has 3 rings (SSSR count). The average Bonchev–Trinajstić information content (AvgIpc) is 3.05. The van der Waals surface area contributed by atoms with Crippen molar-refractivity contribution in [1.82, 2.24) is 14.9 Å². The van der Waals surface area contributed by atoms with E-state index in [-0.39, 0.29) is 6.03 Å². The van der Waals surface area contributed by atoms with Gasteiger partial charge in [0, 0.05) is 18.3 Å². The highest BCUT2D eigenvalue weighted by Crippen LogP contribution is 2.14. The van der Waals surface area contributed by atoms with Crippen molar-refractivity contribution in [2.75, 3.05) is 5.32 Å². The Bertz CT molecular complexity index is 690. The third-order valence-electron chi connectivity index (χ3n) is 2.70. The third kappa shape index (κ3) is 2.58. The predicted octanol–water partition coefficient (Wildman–Crippen LogP) is 2.72. The molecule has 0 fully saturated rings. The van der Waals surface area contributed by atoms with Gasteiger partial charge >= 0.3 is 6.03 Å². The van der Waals surface area contributed by atoms with E-state index in [2.05, 4.69) is 15.7 Å². The van der Waals surface area contributed by atoms with Crippen molar-refractivity contribution in [2.24, 2.45) is 0 Å². The zero-order valence-electron chi connectivity index (χ0n) is 10.0. The topological polar surface area (TPSA) is 58.4 Å². The lowest BCUT2D eigenvalue weighted by Crippen LogP contribution is -2.27. The number of anilines is 1. The van der Waals surface area contributed by atoms with Crippen LogP contribution in [0.15, 0.2) is 48.1 Å². The van der Waals surface area contributed by atoms with Gasteiger partial charge in [0.2, 0.25) is 0 Å². The van der Waals surface area contributed by atoms with Gasteiger partial charge in [-0.2, -0.15) is 5.10 Å². The molecular formula is C13H12N4OS. The van der Waals surface area contributed by atoms with E-state index in [1.165, 1.54) is 11.3 Å². The van der Waals surface area contributed by atoms with Crippen LogP contribution in [0.2, 0.25) is 0 Å². The van der Waals surface area contributed by atoms with Crippen LogP contribution < -0.4 is 10.6 Å². The van der Waals surface area contributed by atoms with Crippen LogP contribution in [0.25, 0.3) is 5.52 Å². The number of carbonyl (C=O) groups is 1. The van der Waals surface area contributed by atoms with Crippen LogP contribution in [0.3, 0.4) is 0 Å². The third-order valence-corrected chi connectivity index (χ3v) is 3.49. The molecule has 3 heterocycles. The number of hydrogen-bond acceptors (Lipinski definition) is 3. The van der Waals surface area contributed by atoms with Crippen molar-refractivity contribution in [3.05, 3.63) is 53.7 Å². The Kier molecular flexibility index (Phi) is 3.16. The Balaban J connectivity index is 1.64. The van der Waals surface area contributed by atoms with E-state index in [1.807, 2.05) is 41.9 Å². The molecule has 0 aromatic carbocycles. The normalized spacial score (nSPS) is 10.5. The monoisotopic (exact) mass is 272 g/mol. The first-order valence-corrected chi connectivity index (χ1v) is 6.70. The van der Waals surface area contributed by atoms with Gasteiger partial charge in [-0.1, -0.05) is 6.07 Å². The number of hydrogen-bond donors (Lipinski definition) is 2. The standard InChI is InChI=1S/C13H12N4OS/c18-13(16-12-5-3-7-19-12)14-8-10-9-15-17-6-2-1-4-11(10)17/h1-7,9H,8H2,(H2,14,16,18).